The van der Waals surface area contributed by atoms with E-state index < -0.39 is 18.0 Å². The normalized spacial score (nSPS) is 12.0. The van der Waals surface area contributed by atoms with E-state index >= 15 is 0 Å². The maximum atomic E-state index is 12.5. The monoisotopic (exact) mass is 412 g/mol. The van der Waals surface area contributed by atoms with Crippen molar-refractivity contribution in [1.29, 1.82) is 0 Å². The third kappa shape index (κ3) is 3.80. The summed E-state index contributed by atoms with van der Waals surface area (Å²) in [6.45, 7) is 1.79. The number of rotatable bonds is 6. The second kappa shape index (κ2) is 7.91. The summed E-state index contributed by atoms with van der Waals surface area (Å²) in [4.78, 5) is 37.5. The Morgan fingerprint density at radius 3 is 2.96 bits per heavy atom. The van der Waals surface area contributed by atoms with Crippen LogP contribution in [-0.4, -0.2) is 32.9 Å². The number of aromatic amines is 1. The number of thiophene rings is 1. The Bertz CT molecular complexity index is 1120. The molecule has 7 nitrogen and oxygen atoms in total. The van der Waals surface area contributed by atoms with E-state index in [4.69, 9.17) is 4.74 Å². The van der Waals surface area contributed by atoms with Crippen molar-refractivity contribution in [3.63, 3.8) is 0 Å². The molecule has 0 radical (unpaired) electrons. The van der Waals surface area contributed by atoms with Gasteiger partial charge >= 0.3 is 5.97 Å². The predicted molar refractivity (Wildman–Crippen MR) is 110 cm³/mol. The number of H-pyrrole nitrogens is 1. The standard InChI is InChI=1S/C19H16N4O3S2/c1-2-15(26-18(25)11-5-6-12-13(8-11)21-10-20-12)17(24)23-19-22-14(9-28-19)16-4-3-7-27-16/h3-10,15H,2H2,1H3,(H,20,21)(H,22,23,24). The number of nitrogens with zero attached hydrogens (tertiary/aromatic N) is 2. The van der Waals surface area contributed by atoms with Crippen LogP contribution in [0.3, 0.4) is 0 Å². The van der Waals surface area contributed by atoms with Gasteiger partial charge in [-0.25, -0.2) is 14.8 Å². The number of hydrogen-bond donors (Lipinski definition) is 2. The zero-order chi connectivity index (χ0) is 19.5. The number of ether oxygens (including phenoxy) is 1. The van der Waals surface area contributed by atoms with E-state index in [-0.39, 0.29) is 0 Å². The molecule has 1 atom stereocenters. The van der Waals surface area contributed by atoms with Gasteiger partial charge < -0.3 is 9.72 Å². The first-order valence-electron chi connectivity index (χ1n) is 8.58. The predicted octanol–water partition coefficient (Wildman–Crippen LogP) is 4.32. The third-order valence-electron chi connectivity index (χ3n) is 4.08. The van der Waals surface area contributed by atoms with E-state index in [9.17, 15) is 9.59 Å². The van der Waals surface area contributed by atoms with Gasteiger partial charge in [-0.2, -0.15) is 0 Å². The third-order valence-corrected chi connectivity index (χ3v) is 5.73. The van der Waals surface area contributed by atoms with Crippen molar-refractivity contribution in [1.82, 2.24) is 15.0 Å². The molecular formula is C19H16N4O3S2. The number of hydrogen-bond acceptors (Lipinski definition) is 7. The van der Waals surface area contributed by atoms with Crippen LogP contribution in [0.25, 0.3) is 21.6 Å². The lowest BCUT2D eigenvalue weighted by Crippen LogP contribution is -2.32. The maximum Gasteiger partial charge on any atom is 0.338 e. The molecule has 1 aromatic carbocycles. The number of benzene rings is 1. The first-order chi connectivity index (χ1) is 13.6. The number of nitrogens with one attached hydrogen (secondary N) is 2. The molecule has 0 aliphatic rings. The van der Waals surface area contributed by atoms with Crippen molar-refractivity contribution in [3.8, 4) is 10.6 Å². The second-order valence-corrected chi connectivity index (χ2v) is 7.75. The lowest BCUT2D eigenvalue weighted by Gasteiger charge is -2.15. The number of thiazole rings is 1. The van der Waals surface area contributed by atoms with E-state index in [2.05, 4.69) is 20.3 Å². The molecule has 4 aromatic rings. The Labute approximate surface area is 168 Å². The number of anilines is 1. The molecule has 0 bridgehead atoms. The highest BCUT2D eigenvalue weighted by Gasteiger charge is 2.23. The minimum atomic E-state index is -0.904. The highest BCUT2D eigenvalue weighted by molar-refractivity contribution is 7.16. The van der Waals surface area contributed by atoms with Crippen LogP contribution in [0.5, 0.6) is 0 Å². The Morgan fingerprint density at radius 2 is 2.18 bits per heavy atom. The van der Waals surface area contributed by atoms with Gasteiger partial charge in [0.2, 0.25) is 0 Å². The lowest BCUT2D eigenvalue weighted by molar-refractivity contribution is -0.124. The zero-order valence-electron chi connectivity index (χ0n) is 14.8. The Balaban J connectivity index is 1.42. The van der Waals surface area contributed by atoms with Crippen LogP contribution in [0, 0.1) is 0 Å². The molecule has 28 heavy (non-hydrogen) atoms. The summed E-state index contributed by atoms with van der Waals surface area (Å²) in [6, 6.07) is 8.93. The highest BCUT2D eigenvalue weighted by atomic mass is 32.1. The molecule has 142 valence electrons. The second-order valence-electron chi connectivity index (χ2n) is 5.94. The number of fused-ring (bicyclic) bond motifs is 1. The topological polar surface area (TPSA) is 97.0 Å². The van der Waals surface area contributed by atoms with Crippen LogP contribution in [0.15, 0.2) is 47.4 Å². The van der Waals surface area contributed by atoms with E-state index in [0.717, 1.165) is 21.6 Å². The van der Waals surface area contributed by atoms with E-state index in [1.165, 1.54) is 11.3 Å². The fourth-order valence-electron chi connectivity index (χ4n) is 2.64. The van der Waals surface area contributed by atoms with Gasteiger partial charge in [-0.05, 0) is 36.1 Å². The largest absolute Gasteiger partial charge is 0.449 e. The number of carbonyl (C=O) groups excluding carboxylic acids is 2. The molecule has 0 fully saturated rings. The molecule has 0 aliphatic heterocycles. The number of imidazole rings is 1. The highest BCUT2D eigenvalue weighted by Crippen LogP contribution is 2.28. The van der Waals surface area contributed by atoms with Gasteiger partial charge in [0, 0.05) is 5.38 Å². The van der Waals surface area contributed by atoms with Crippen LogP contribution in [0.4, 0.5) is 5.13 Å². The quantitative estimate of drug-likeness (QED) is 0.460. The summed E-state index contributed by atoms with van der Waals surface area (Å²) in [5, 5.41) is 7.07. The van der Waals surface area contributed by atoms with Crippen LogP contribution >= 0.6 is 22.7 Å². The lowest BCUT2D eigenvalue weighted by atomic mass is 10.2. The molecule has 4 rings (SSSR count). The number of aromatic nitrogens is 3. The number of amides is 1. The first-order valence-corrected chi connectivity index (χ1v) is 10.3. The fraction of sp³-hybridized carbons (Fsp3) is 0.158. The SMILES string of the molecule is CCC(OC(=O)c1ccc2nc[nH]c2c1)C(=O)Nc1nc(-c2cccs2)cs1. The molecule has 0 spiro atoms. The van der Waals surface area contributed by atoms with Gasteiger partial charge in [-0.1, -0.05) is 13.0 Å². The minimum Gasteiger partial charge on any atom is -0.449 e. The Morgan fingerprint density at radius 1 is 1.29 bits per heavy atom. The molecule has 1 unspecified atom stereocenters. The van der Waals surface area contributed by atoms with Gasteiger partial charge in [0.15, 0.2) is 11.2 Å². The van der Waals surface area contributed by atoms with Gasteiger partial charge in [0.25, 0.3) is 5.91 Å². The van der Waals surface area contributed by atoms with Gasteiger partial charge in [-0.3, -0.25) is 10.1 Å². The van der Waals surface area contributed by atoms with Gasteiger partial charge in [-0.15, -0.1) is 22.7 Å². The minimum absolute atomic E-state index is 0.354. The summed E-state index contributed by atoms with van der Waals surface area (Å²) in [7, 11) is 0. The van der Waals surface area contributed by atoms with Crippen LogP contribution in [0.2, 0.25) is 0 Å². The number of esters is 1. The molecule has 0 saturated carbocycles. The van der Waals surface area contributed by atoms with Crippen molar-refractivity contribution >= 4 is 50.7 Å². The smallest absolute Gasteiger partial charge is 0.338 e. The van der Waals surface area contributed by atoms with Crippen molar-refractivity contribution in [2.24, 2.45) is 0 Å². The molecule has 0 saturated heterocycles. The summed E-state index contributed by atoms with van der Waals surface area (Å²) >= 11 is 2.92. The first kappa shape index (κ1) is 18.3. The van der Waals surface area contributed by atoms with Gasteiger partial charge in [0.1, 0.15) is 0 Å². The summed E-state index contributed by atoms with van der Waals surface area (Å²) in [5.74, 6) is -0.956. The summed E-state index contributed by atoms with van der Waals surface area (Å²) in [6.07, 6.45) is 1.01. The van der Waals surface area contributed by atoms with Gasteiger partial charge in [0.05, 0.1) is 33.5 Å². The Kier molecular flexibility index (Phi) is 5.18. The average Bonchev–Trinajstić information content (AvgIpc) is 3.45. The fourth-order valence-corrected chi connectivity index (χ4v) is 4.11. The molecule has 1 amide bonds. The maximum absolute atomic E-state index is 12.5. The van der Waals surface area contributed by atoms with Crippen LogP contribution in [-0.2, 0) is 9.53 Å². The zero-order valence-corrected chi connectivity index (χ0v) is 16.5. The van der Waals surface area contributed by atoms with Crippen LogP contribution in [0.1, 0.15) is 23.7 Å². The molecule has 9 heteroatoms. The van der Waals surface area contributed by atoms with E-state index in [1.807, 2.05) is 22.9 Å². The molecule has 0 aliphatic carbocycles. The summed E-state index contributed by atoms with van der Waals surface area (Å²) in [5.41, 5.74) is 2.66. The van der Waals surface area contributed by atoms with Crippen molar-refractivity contribution in [3.05, 3.63) is 53.0 Å². The van der Waals surface area contributed by atoms with E-state index in [1.54, 1.807) is 42.8 Å². The molecule has 3 aromatic heterocycles. The molecule has 3 heterocycles. The molecular weight excluding hydrogens is 396 g/mol. The van der Waals surface area contributed by atoms with Crippen molar-refractivity contribution in [2.45, 2.75) is 19.4 Å². The summed E-state index contributed by atoms with van der Waals surface area (Å²) < 4.78 is 5.42. The average molecular weight is 412 g/mol. The number of carbonyl (C=O) groups is 2. The van der Waals surface area contributed by atoms with Crippen LogP contribution < -0.4 is 5.32 Å². The molecule has 2 N–H and O–H groups in total. The van der Waals surface area contributed by atoms with E-state index in [0.29, 0.717) is 17.1 Å². The van der Waals surface area contributed by atoms with Crippen molar-refractivity contribution < 1.29 is 14.3 Å². The Hall–Kier alpha value is -3.04. The van der Waals surface area contributed by atoms with Crippen molar-refractivity contribution in [2.75, 3.05) is 5.32 Å².